The van der Waals surface area contributed by atoms with Crippen LogP contribution in [0.4, 0.5) is 0 Å². The van der Waals surface area contributed by atoms with Crippen molar-refractivity contribution < 1.29 is 0 Å². The molecule has 4 nitrogen and oxygen atoms in total. The minimum absolute atomic E-state index is 0.235. The first kappa shape index (κ1) is 13.1. The molecule has 2 unspecified atom stereocenters. The van der Waals surface area contributed by atoms with Gasteiger partial charge in [-0.15, -0.1) is 10.2 Å². The van der Waals surface area contributed by atoms with E-state index in [1.54, 1.807) is 0 Å². The van der Waals surface area contributed by atoms with Gasteiger partial charge in [0.1, 0.15) is 11.6 Å². The van der Waals surface area contributed by atoms with Gasteiger partial charge < -0.3 is 9.88 Å². The van der Waals surface area contributed by atoms with E-state index in [1.807, 2.05) is 0 Å². The molecule has 0 amide bonds. The van der Waals surface area contributed by atoms with Crippen LogP contribution in [-0.4, -0.2) is 27.9 Å². The summed E-state index contributed by atoms with van der Waals surface area (Å²) in [7, 11) is 0. The van der Waals surface area contributed by atoms with Crippen LogP contribution >= 0.6 is 0 Å². The van der Waals surface area contributed by atoms with Gasteiger partial charge in [0, 0.05) is 24.9 Å². The minimum atomic E-state index is 0.235. The highest BCUT2D eigenvalue weighted by Gasteiger charge is 2.39. The van der Waals surface area contributed by atoms with Crippen LogP contribution in [0.3, 0.4) is 0 Å². The fraction of sp³-hybridized carbons (Fsp3) is 0.867. The summed E-state index contributed by atoms with van der Waals surface area (Å²) in [5.41, 5.74) is 0.235. The first-order valence-corrected chi connectivity index (χ1v) is 7.88. The smallest absolute Gasteiger partial charge is 0.140 e. The van der Waals surface area contributed by atoms with Crippen molar-refractivity contribution in [3.05, 3.63) is 11.6 Å². The molecular weight excluding hydrogens is 236 g/mol. The Bertz CT molecular complexity index is 426. The molecule has 1 aromatic rings. The Morgan fingerprint density at radius 3 is 3.05 bits per heavy atom. The largest absolute Gasteiger partial charge is 0.316 e. The molecule has 1 N–H and O–H groups in total. The maximum Gasteiger partial charge on any atom is 0.140 e. The van der Waals surface area contributed by atoms with E-state index >= 15 is 0 Å². The molecule has 1 aromatic heterocycles. The topological polar surface area (TPSA) is 42.7 Å². The Hall–Kier alpha value is -0.900. The zero-order chi connectivity index (χ0) is 13.3. The number of hydrogen-bond acceptors (Lipinski definition) is 3. The summed E-state index contributed by atoms with van der Waals surface area (Å²) >= 11 is 0. The summed E-state index contributed by atoms with van der Waals surface area (Å²) < 4.78 is 2.43. The lowest BCUT2D eigenvalue weighted by molar-refractivity contribution is 0.259. The van der Waals surface area contributed by atoms with E-state index in [-0.39, 0.29) is 5.41 Å². The van der Waals surface area contributed by atoms with Crippen molar-refractivity contribution in [2.75, 3.05) is 13.1 Å². The average molecular weight is 262 g/mol. The van der Waals surface area contributed by atoms with Gasteiger partial charge in [-0.25, -0.2) is 0 Å². The van der Waals surface area contributed by atoms with Crippen LogP contribution in [0, 0.1) is 5.92 Å². The highest BCUT2D eigenvalue weighted by Crippen LogP contribution is 2.36. The molecule has 0 aromatic carbocycles. The van der Waals surface area contributed by atoms with Gasteiger partial charge in [0.05, 0.1) is 0 Å². The second kappa shape index (κ2) is 5.23. The molecule has 4 heteroatoms. The fourth-order valence-electron chi connectivity index (χ4n) is 3.84. The molecule has 106 valence electrons. The van der Waals surface area contributed by atoms with E-state index in [4.69, 9.17) is 0 Å². The number of hydrogen-bond donors (Lipinski definition) is 1. The van der Waals surface area contributed by atoms with E-state index in [0.29, 0.717) is 0 Å². The molecule has 0 aliphatic carbocycles. The van der Waals surface area contributed by atoms with Crippen molar-refractivity contribution in [2.24, 2.45) is 5.92 Å². The van der Waals surface area contributed by atoms with Crippen LogP contribution in [-0.2, 0) is 18.4 Å². The molecule has 1 fully saturated rings. The van der Waals surface area contributed by atoms with Crippen molar-refractivity contribution in [1.82, 2.24) is 20.1 Å². The van der Waals surface area contributed by atoms with Gasteiger partial charge in [-0.2, -0.15) is 0 Å². The SMILES string of the molecule is CCCC1(c2nnc3n2CCC(C)C3)CCCNC1. The Morgan fingerprint density at radius 2 is 2.32 bits per heavy atom. The first-order chi connectivity index (χ1) is 9.25. The predicted octanol–water partition coefficient (Wildman–Crippen LogP) is 2.28. The van der Waals surface area contributed by atoms with Crippen molar-refractivity contribution in [3.63, 3.8) is 0 Å². The van der Waals surface area contributed by atoms with Gasteiger partial charge in [0.25, 0.3) is 0 Å². The van der Waals surface area contributed by atoms with Crippen LogP contribution in [0.5, 0.6) is 0 Å². The van der Waals surface area contributed by atoms with Gasteiger partial charge in [-0.1, -0.05) is 20.3 Å². The van der Waals surface area contributed by atoms with E-state index in [9.17, 15) is 0 Å². The molecule has 3 heterocycles. The quantitative estimate of drug-likeness (QED) is 0.909. The maximum atomic E-state index is 4.62. The van der Waals surface area contributed by atoms with Gasteiger partial charge in [0.2, 0.25) is 0 Å². The molecule has 2 aliphatic rings. The molecule has 0 spiro atoms. The Morgan fingerprint density at radius 1 is 1.42 bits per heavy atom. The summed E-state index contributed by atoms with van der Waals surface area (Å²) in [4.78, 5) is 0. The third kappa shape index (κ3) is 2.31. The third-order valence-corrected chi connectivity index (χ3v) is 4.88. The number of nitrogens with one attached hydrogen (secondary N) is 1. The van der Waals surface area contributed by atoms with Gasteiger partial charge >= 0.3 is 0 Å². The standard InChI is InChI=1S/C15H26N4/c1-3-6-15(7-4-8-16-11-15)14-18-17-13-10-12(2)5-9-19(13)14/h12,16H,3-11H2,1-2H3. The molecule has 19 heavy (non-hydrogen) atoms. The molecule has 0 bridgehead atoms. The van der Waals surface area contributed by atoms with Crippen molar-refractivity contribution >= 4 is 0 Å². The highest BCUT2D eigenvalue weighted by molar-refractivity contribution is 5.15. The Balaban J connectivity index is 1.95. The van der Waals surface area contributed by atoms with E-state index in [1.165, 1.54) is 43.8 Å². The lowest BCUT2D eigenvalue weighted by Gasteiger charge is -2.37. The first-order valence-electron chi connectivity index (χ1n) is 7.88. The summed E-state index contributed by atoms with van der Waals surface area (Å²) in [6.45, 7) is 7.95. The number of aromatic nitrogens is 3. The summed E-state index contributed by atoms with van der Waals surface area (Å²) in [6, 6.07) is 0. The van der Waals surface area contributed by atoms with Crippen molar-refractivity contribution in [1.29, 1.82) is 0 Å². The zero-order valence-corrected chi connectivity index (χ0v) is 12.3. The summed E-state index contributed by atoms with van der Waals surface area (Å²) in [5, 5.41) is 12.7. The van der Waals surface area contributed by atoms with E-state index in [2.05, 4.69) is 33.9 Å². The Kier molecular flexibility index (Phi) is 3.61. The molecule has 3 rings (SSSR count). The van der Waals surface area contributed by atoms with E-state index < -0.39 is 0 Å². The number of piperidine rings is 1. The number of rotatable bonds is 3. The maximum absolute atomic E-state index is 4.62. The van der Waals surface area contributed by atoms with E-state index in [0.717, 1.165) is 32.0 Å². The van der Waals surface area contributed by atoms with Gasteiger partial charge in [0.15, 0.2) is 0 Å². The van der Waals surface area contributed by atoms with Gasteiger partial charge in [-0.3, -0.25) is 0 Å². The van der Waals surface area contributed by atoms with Crippen molar-refractivity contribution in [2.45, 2.75) is 64.3 Å². The lowest BCUT2D eigenvalue weighted by Crippen LogP contribution is -2.45. The minimum Gasteiger partial charge on any atom is -0.316 e. The van der Waals surface area contributed by atoms with Gasteiger partial charge in [-0.05, 0) is 38.1 Å². The van der Waals surface area contributed by atoms with Crippen LogP contribution in [0.1, 0.15) is 57.6 Å². The van der Waals surface area contributed by atoms with Crippen LogP contribution in [0.2, 0.25) is 0 Å². The normalized spacial score (nSPS) is 31.2. The molecule has 0 saturated carbocycles. The average Bonchev–Trinajstić information content (AvgIpc) is 2.83. The van der Waals surface area contributed by atoms with Crippen LogP contribution in [0.15, 0.2) is 0 Å². The second-order valence-electron chi connectivity index (χ2n) is 6.50. The van der Waals surface area contributed by atoms with Crippen molar-refractivity contribution in [3.8, 4) is 0 Å². The summed E-state index contributed by atoms with van der Waals surface area (Å²) in [6.07, 6.45) is 7.35. The highest BCUT2D eigenvalue weighted by atomic mass is 15.3. The Labute approximate surface area is 116 Å². The molecule has 1 saturated heterocycles. The third-order valence-electron chi connectivity index (χ3n) is 4.88. The summed E-state index contributed by atoms with van der Waals surface area (Å²) in [5.74, 6) is 3.24. The van der Waals surface area contributed by atoms with Crippen LogP contribution < -0.4 is 5.32 Å². The number of fused-ring (bicyclic) bond motifs is 1. The van der Waals surface area contributed by atoms with Crippen LogP contribution in [0.25, 0.3) is 0 Å². The lowest BCUT2D eigenvalue weighted by atomic mass is 9.76. The molecule has 2 aliphatic heterocycles. The fourth-order valence-corrected chi connectivity index (χ4v) is 3.84. The molecular formula is C15H26N4. The number of nitrogens with zero attached hydrogens (tertiary/aromatic N) is 3. The molecule has 0 radical (unpaired) electrons. The zero-order valence-electron chi connectivity index (χ0n) is 12.3. The molecule has 2 atom stereocenters. The monoisotopic (exact) mass is 262 g/mol. The second-order valence-corrected chi connectivity index (χ2v) is 6.50. The predicted molar refractivity (Wildman–Crippen MR) is 76.2 cm³/mol.